The lowest BCUT2D eigenvalue weighted by atomic mass is 10.1. The van der Waals surface area contributed by atoms with E-state index >= 15 is 0 Å². The van der Waals surface area contributed by atoms with E-state index in [4.69, 9.17) is 15.7 Å². The molecule has 0 saturated carbocycles. The lowest BCUT2D eigenvalue weighted by molar-refractivity contribution is -0.274. The van der Waals surface area contributed by atoms with E-state index < -0.39 is 6.36 Å². The smallest absolute Gasteiger partial charge is 0.406 e. The van der Waals surface area contributed by atoms with Crippen LogP contribution in [0.5, 0.6) is 5.75 Å². The van der Waals surface area contributed by atoms with Gasteiger partial charge in [0.2, 0.25) is 11.7 Å². The normalized spacial score (nSPS) is 15.6. The van der Waals surface area contributed by atoms with Crippen molar-refractivity contribution in [2.75, 3.05) is 11.9 Å². The van der Waals surface area contributed by atoms with Crippen molar-refractivity contribution < 1.29 is 22.4 Å². The maximum atomic E-state index is 12.5. The Kier molecular flexibility index (Phi) is 6.70. The van der Waals surface area contributed by atoms with Gasteiger partial charge in [0.15, 0.2) is 11.1 Å². The average molecular weight is 530 g/mol. The summed E-state index contributed by atoms with van der Waals surface area (Å²) in [5.41, 5.74) is 8.24. The molecule has 192 valence electrons. The zero-order chi connectivity index (χ0) is 26.0. The van der Waals surface area contributed by atoms with Crippen LogP contribution in [0.15, 0.2) is 58.4 Å². The van der Waals surface area contributed by atoms with Gasteiger partial charge < -0.3 is 25.2 Å². The molecule has 0 aliphatic carbocycles. The maximum Gasteiger partial charge on any atom is 0.573 e. The number of ether oxygens (including phenoxy) is 1. The first-order valence-electron chi connectivity index (χ1n) is 11.4. The Morgan fingerprint density at radius 3 is 2.76 bits per heavy atom. The monoisotopic (exact) mass is 529 g/mol. The molecule has 0 unspecified atom stereocenters. The van der Waals surface area contributed by atoms with E-state index in [1.165, 1.54) is 29.5 Å². The second-order valence-corrected chi connectivity index (χ2v) is 9.26. The number of guanidine groups is 1. The molecule has 0 amide bonds. The van der Waals surface area contributed by atoms with Gasteiger partial charge >= 0.3 is 6.36 Å². The predicted molar refractivity (Wildman–Crippen MR) is 133 cm³/mol. The number of anilines is 2. The molecule has 1 aliphatic heterocycles. The van der Waals surface area contributed by atoms with Crippen molar-refractivity contribution >= 4 is 28.1 Å². The summed E-state index contributed by atoms with van der Waals surface area (Å²) in [4.78, 5) is 10.8. The molecular weight excluding hydrogens is 507 g/mol. The summed E-state index contributed by atoms with van der Waals surface area (Å²) < 4.78 is 46.9. The number of likely N-dealkylation sites (tertiary alicyclic amines) is 1. The molecule has 2 aromatic carbocycles. The Hall–Kier alpha value is -4.13. The molecule has 3 heterocycles. The average Bonchev–Trinajstić information content (AvgIpc) is 3.60. The molecule has 0 radical (unpaired) electrons. The van der Waals surface area contributed by atoms with Crippen molar-refractivity contribution in [1.82, 2.24) is 20.0 Å². The third kappa shape index (κ3) is 6.00. The van der Waals surface area contributed by atoms with E-state index in [1.54, 1.807) is 11.4 Å². The van der Waals surface area contributed by atoms with Crippen LogP contribution in [0.1, 0.15) is 18.7 Å². The summed E-state index contributed by atoms with van der Waals surface area (Å²) in [6.07, 6.45) is -2.33. The van der Waals surface area contributed by atoms with Gasteiger partial charge in [0.25, 0.3) is 0 Å². The summed E-state index contributed by atoms with van der Waals surface area (Å²) in [7, 11) is 0. The second kappa shape index (κ2) is 10.1. The van der Waals surface area contributed by atoms with E-state index in [1.807, 2.05) is 29.2 Å². The number of benzene rings is 2. The number of rotatable bonds is 7. The highest BCUT2D eigenvalue weighted by atomic mass is 32.1. The van der Waals surface area contributed by atoms with Crippen molar-refractivity contribution in [3.8, 4) is 28.4 Å². The first kappa shape index (κ1) is 24.6. The van der Waals surface area contributed by atoms with Gasteiger partial charge in [-0.1, -0.05) is 17.3 Å². The summed E-state index contributed by atoms with van der Waals surface area (Å²) in [6, 6.07) is 13.2. The van der Waals surface area contributed by atoms with Gasteiger partial charge in [-0.15, -0.1) is 24.5 Å². The largest absolute Gasteiger partial charge is 0.573 e. The van der Waals surface area contributed by atoms with E-state index in [9.17, 15) is 13.2 Å². The van der Waals surface area contributed by atoms with Crippen LogP contribution >= 0.6 is 11.3 Å². The van der Waals surface area contributed by atoms with E-state index in [0.717, 1.165) is 30.6 Å². The number of alkyl halides is 3. The topological polar surface area (TPSA) is 126 Å². The fraction of sp³-hybridized carbons (Fsp3) is 0.250. The Balaban J connectivity index is 1.22. The molecule has 2 aromatic heterocycles. The first-order chi connectivity index (χ1) is 17.7. The van der Waals surface area contributed by atoms with Gasteiger partial charge in [-0.3, -0.25) is 5.41 Å². The van der Waals surface area contributed by atoms with Crippen molar-refractivity contribution in [3.05, 3.63) is 59.8 Å². The maximum absolute atomic E-state index is 12.5. The molecule has 0 spiro atoms. The third-order valence-electron chi connectivity index (χ3n) is 5.83. The Morgan fingerprint density at radius 2 is 2.00 bits per heavy atom. The van der Waals surface area contributed by atoms with Crippen molar-refractivity contribution in [3.63, 3.8) is 0 Å². The van der Waals surface area contributed by atoms with Crippen molar-refractivity contribution in [1.29, 1.82) is 5.41 Å². The number of hydrogen-bond acceptors (Lipinski definition) is 8. The molecule has 5 rings (SSSR count). The third-order valence-corrected chi connectivity index (χ3v) is 6.58. The molecule has 1 saturated heterocycles. The number of aromatic nitrogens is 3. The van der Waals surface area contributed by atoms with E-state index in [2.05, 4.69) is 25.2 Å². The zero-order valence-electron chi connectivity index (χ0n) is 19.3. The second-order valence-electron chi connectivity index (χ2n) is 8.41. The van der Waals surface area contributed by atoms with Gasteiger partial charge in [0, 0.05) is 41.2 Å². The van der Waals surface area contributed by atoms with E-state index in [0.29, 0.717) is 34.5 Å². The fourth-order valence-corrected chi connectivity index (χ4v) is 4.90. The molecular formula is C24H22F3N7O2S. The van der Waals surface area contributed by atoms with Crippen molar-refractivity contribution in [2.24, 2.45) is 5.73 Å². The molecule has 1 aliphatic rings. The number of nitrogens with one attached hydrogen (secondary N) is 2. The summed E-state index contributed by atoms with van der Waals surface area (Å²) in [5, 5.41) is 17.3. The minimum atomic E-state index is -4.75. The highest BCUT2D eigenvalue weighted by molar-refractivity contribution is 7.14. The van der Waals surface area contributed by atoms with Gasteiger partial charge in [-0.25, -0.2) is 4.98 Å². The van der Waals surface area contributed by atoms with Crippen LogP contribution in [0.25, 0.3) is 22.6 Å². The van der Waals surface area contributed by atoms with Crippen LogP contribution in [-0.2, 0) is 6.42 Å². The number of hydrogen-bond donors (Lipinski definition) is 3. The standard InChI is InChI=1S/C24H22F3N7O2S/c25-24(26,27)35-18-5-1-3-15(11-18)19-13-37-23(31-19)30-16-8-6-14(7-9-16)21-32-20(36-33-21)12-17-4-2-10-34(17)22(28)29/h1,3,5-9,11,13,17H,2,4,10,12H2,(H3,28,29)(H,30,31)/t17-/m0/s1. The number of nitrogens with two attached hydrogens (primary N) is 1. The molecule has 37 heavy (non-hydrogen) atoms. The van der Waals surface area contributed by atoms with Crippen LogP contribution in [0.2, 0.25) is 0 Å². The van der Waals surface area contributed by atoms with Gasteiger partial charge in [0.1, 0.15) is 5.75 Å². The van der Waals surface area contributed by atoms with Crippen LogP contribution in [-0.4, -0.2) is 44.9 Å². The van der Waals surface area contributed by atoms with Gasteiger partial charge in [0.05, 0.1) is 5.69 Å². The van der Waals surface area contributed by atoms with Crippen LogP contribution in [0, 0.1) is 5.41 Å². The quantitative estimate of drug-likeness (QED) is 0.215. The van der Waals surface area contributed by atoms with Gasteiger partial charge in [-0.05, 0) is 49.2 Å². The van der Waals surface area contributed by atoms with Crippen LogP contribution in [0.4, 0.5) is 24.0 Å². The molecule has 4 aromatic rings. The van der Waals surface area contributed by atoms with E-state index in [-0.39, 0.29) is 17.8 Å². The number of thiazole rings is 1. The summed E-state index contributed by atoms with van der Waals surface area (Å²) >= 11 is 1.33. The molecule has 4 N–H and O–H groups in total. The lowest BCUT2D eigenvalue weighted by Crippen LogP contribution is -2.41. The first-order valence-corrected chi connectivity index (χ1v) is 12.2. The molecule has 13 heteroatoms. The Labute approximate surface area is 213 Å². The highest BCUT2D eigenvalue weighted by Crippen LogP contribution is 2.31. The Bertz CT molecular complexity index is 1390. The van der Waals surface area contributed by atoms with Crippen molar-refractivity contribution in [2.45, 2.75) is 31.7 Å². The SMILES string of the molecule is N=C(N)N1CCC[C@H]1Cc1nc(-c2ccc(Nc3nc(-c4cccc(OC(F)(F)F)c4)cs3)cc2)no1. The highest BCUT2D eigenvalue weighted by Gasteiger charge is 2.31. The minimum Gasteiger partial charge on any atom is -0.406 e. The molecule has 1 atom stereocenters. The fourth-order valence-electron chi connectivity index (χ4n) is 4.16. The Morgan fingerprint density at radius 1 is 1.19 bits per heavy atom. The van der Waals surface area contributed by atoms with Gasteiger partial charge in [-0.2, -0.15) is 4.98 Å². The predicted octanol–water partition coefficient (Wildman–Crippen LogP) is 5.40. The number of halogens is 3. The summed E-state index contributed by atoms with van der Waals surface area (Å²) in [5.74, 6) is 0.718. The molecule has 9 nitrogen and oxygen atoms in total. The molecule has 0 bridgehead atoms. The summed E-state index contributed by atoms with van der Waals surface area (Å²) in [6.45, 7) is 0.759. The zero-order valence-corrected chi connectivity index (χ0v) is 20.1. The minimum absolute atomic E-state index is 0.0571. The van der Waals surface area contributed by atoms with Crippen LogP contribution in [0.3, 0.4) is 0 Å². The lowest BCUT2D eigenvalue weighted by Gasteiger charge is -2.23. The molecule has 1 fully saturated rings. The number of nitrogens with zero attached hydrogens (tertiary/aromatic N) is 4. The van der Waals surface area contributed by atoms with Crippen LogP contribution < -0.4 is 15.8 Å².